The lowest BCUT2D eigenvalue weighted by Crippen LogP contribution is -2.48. The number of carbonyl (C=O) groups is 1. The van der Waals surface area contributed by atoms with Crippen molar-refractivity contribution in [2.75, 3.05) is 134 Å². The number of hydrogen-bond donors (Lipinski definition) is 1. The Kier molecular flexibility index (Phi) is 22.9. The van der Waals surface area contributed by atoms with Gasteiger partial charge in [0.25, 0.3) is 0 Å². The molecule has 7 aliphatic rings. The van der Waals surface area contributed by atoms with Gasteiger partial charge in [0, 0.05) is 44.2 Å². The lowest BCUT2D eigenvalue weighted by molar-refractivity contribution is -0.145. The molecule has 0 bridgehead atoms. The van der Waals surface area contributed by atoms with E-state index < -0.39 is 0 Å². The van der Waals surface area contributed by atoms with E-state index in [4.69, 9.17) is 9.84 Å². The van der Waals surface area contributed by atoms with Gasteiger partial charge in [0.2, 0.25) is 0 Å². The lowest BCUT2D eigenvalue weighted by Gasteiger charge is -2.39. The summed E-state index contributed by atoms with van der Waals surface area (Å²) in [6.07, 6.45) is 15.6. The average molecular weight is 726 g/mol. The number of esters is 1. The Balaban J connectivity index is 0.000000233. The van der Waals surface area contributed by atoms with Gasteiger partial charge in [-0.05, 0) is 158 Å². The molecule has 2 atom stereocenters. The van der Waals surface area contributed by atoms with Crippen molar-refractivity contribution in [3.05, 3.63) is 0 Å². The highest BCUT2D eigenvalue weighted by atomic mass is 16.5. The fourth-order valence-electron chi connectivity index (χ4n) is 8.80. The molecular formula is C40H83N7O4. The molecule has 2 unspecified atom stereocenters. The van der Waals surface area contributed by atoms with Crippen LogP contribution in [0, 0.1) is 0 Å². The third kappa shape index (κ3) is 16.2. The normalized spacial score (nSPS) is 28.9. The molecule has 0 saturated carbocycles. The summed E-state index contributed by atoms with van der Waals surface area (Å²) < 4.78 is 9.92. The number of carbonyl (C=O) groups excluding carboxylic acids is 1. The molecule has 0 spiro atoms. The summed E-state index contributed by atoms with van der Waals surface area (Å²) in [5, 5.41) is 9.16. The van der Waals surface area contributed by atoms with Gasteiger partial charge in [-0.1, -0.05) is 21.3 Å². The van der Waals surface area contributed by atoms with E-state index in [1.54, 1.807) is 11.9 Å². The predicted molar refractivity (Wildman–Crippen MR) is 213 cm³/mol. The molecule has 0 aromatic heterocycles. The number of likely N-dealkylation sites (tertiary alicyclic amines) is 6. The largest absolute Gasteiger partial charge is 0.468 e. The van der Waals surface area contributed by atoms with Crippen LogP contribution >= 0.6 is 0 Å². The zero-order valence-corrected chi connectivity index (χ0v) is 32.3. The molecule has 7 heterocycles. The fourth-order valence-corrected chi connectivity index (χ4v) is 8.80. The van der Waals surface area contributed by atoms with Gasteiger partial charge < -0.3 is 39.1 Å². The van der Waals surface area contributed by atoms with Gasteiger partial charge >= 0.3 is 5.97 Å². The number of piperidine rings is 4. The maximum atomic E-state index is 11.0. The highest BCUT2D eigenvalue weighted by Crippen LogP contribution is 2.21. The van der Waals surface area contributed by atoms with Crippen LogP contribution in [0.5, 0.6) is 0 Å². The highest BCUT2D eigenvalue weighted by Gasteiger charge is 2.34. The van der Waals surface area contributed by atoms with Crippen LogP contribution in [0.1, 0.15) is 91.9 Å². The van der Waals surface area contributed by atoms with E-state index in [2.05, 4.69) is 55.3 Å². The third-order valence-electron chi connectivity index (χ3n) is 12.2. The van der Waals surface area contributed by atoms with Crippen LogP contribution in [0.15, 0.2) is 0 Å². The van der Waals surface area contributed by atoms with Crippen molar-refractivity contribution in [3.8, 4) is 0 Å². The molecule has 51 heavy (non-hydrogen) atoms. The summed E-state index contributed by atoms with van der Waals surface area (Å²) in [7, 11) is 9.86. The number of morpholine rings is 1. The van der Waals surface area contributed by atoms with Gasteiger partial charge in [0.1, 0.15) is 6.04 Å². The molecule has 0 amide bonds. The second-order valence-electron chi connectivity index (χ2n) is 16.0. The summed E-state index contributed by atoms with van der Waals surface area (Å²) in [6.45, 7) is 18.0. The van der Waals surface area contributed by atoms with Gasteiger partial charge in [0.05, 0.1) is 26.4 Å². The molecule has 0 aromatic carbocycles. The van der Waals surface area contributed by atoms with Crippen LogP contribution in [0.4, 0.5) is 0 Å². The maximum Gasteiger partial charge on any atom is 0.323 e. The van der Waals surface area contributed by atoms with E-state index in [0.717, 1.165) is 44.4 Å². The minimum Gasteiger partial charge on any atom is -0.468 e. The fraction of sp³-hybridized carbons (Fsp3) is 0.975. The van der Waals surface area contributed by atoms with Crippen molar-refractivity contribution in [3.63, 3.8) is 0 Å². The van der Waals surface area contributed by atoms with E-state index in [0.29, 0.717) is 13.0 Å². The van der Waals surface area contributed by atoms with Crippen molar-refractivity contribution in [1.82, 2.24) is 34.3 Å². The summed E-state index contributed by atoms with van der Waals surface area (Å²) in [6, 6.07) is 2.41. The summed E-state index contributed by atoms with van der Waals surface area (Å²) in [5.41, 5.74) is 0. The van der Waals surface area contributed by atoms with E-state index in [9.17, 15) is 4.79 Å². The minimum atomic E-state index is -0.385. The molecule has 7 fully saturated rings. The first-order valence-electron chi connectivity index (χ1n) is 20.0. The molecule has 7 aliphatic heterocycles. The molecule has 1 N–H and O–H groups in total. The van der Waals surface area contributed by atoms with Gasteiger partial charge in [-0.3, -0.25) is 14.6 Å². The average Bonchev–Trinajstić information content (AvgIpc) is 3.80. The van der Waals surface area contributed by atoms with Gasteiger partial charge in [-0.2, -0.15) is 0 Å². The van der Waals surface area contributed by atoms with E-state index in [1.807, 2.05) is 0 Å². The Morgan fingerprint density at radius 2 is 0.922 bits per heavy atom. The zero-order chi connectivity index (χ0) is 35.0. The Morgan fingerprint density at radius 1 is 0.569 bits per heavy atom. The zero-order valence-electron chi connectivity index (χ0n) is 32.3. The minimum absolute atomic E-state index is 0. The quantitative estimate of drug-likeness (QED) is 0.432. The number of aliphatic hydroxyl groups is 1. The Bertz CT molecular complexity index is 840. The molecule has 0 aromatic rings. The predicted octanol–water partition coefficient (Wildman–Crippen LogP) is 3.65. The molecule has 11 heteroatoms. The number of rotatable bonds is 4. The number of ether oxygens (including phenoxy) is 2. The topological polar surface area (TPSA) is 78.4 Å². The second-order valence-corrected chi connectivity index (χ2v) is 16.0. The van der Waals surface area contributed by atoms with E-state index in [1.165, 1.54) is 143 Å². The van der Waals surface area contributed by atoms with Crippen LogP contribution in [-0.2, 0) is 14.3 Å². The first kappa shape index (κ1) is 46.3. The van der Waals surface area contributed by atoms with Crippen molar-refractivity contribution in [2.45, 2.75) is 122 Å². The number of likely N-dealkylation sites (N-methyl/N-ethyl adjacent to an activating group) is 1. The van der Waals surface area contributed by atoms with Crippen molar-refractivity contribution >= 4 is 5.97 Å². The van der Waals surface area contributed by atoms with Crippen molar-refractivity contribution < 1.29 is 19.4 Å². The van der Waals surface area contributed by atoms with Gasteiger partial charge in [-0.25, -0.2) is 0 Å². The molecule has 7 saturated heterocycles. The molecule has 7 rings (SSSR count). The molecular weight excluding hydrogens is 642 g/mol. The lowest BCUT2D eigenvalue weighted by atomic mass is 10.0. The maximum absolute atomic E-state index is 11.0. The molecule has 0 radical (unpaired) electrons. The summed E-state index contributed by atoms with van der Waals surface area (Å²) >= 11 is 0. The van der Waals surface area contributed by atoms with Gasteiger partial charge in [-0.15, -0.1) is 0 Å². The molecule has 11 nitrogen and oxygen atoms in total. The van der Waals surface area contributed by atoms with Crippen LogP contribution in [-0.4, -0.2) is 209 Å². The Labute approximate surface area is 314 Å². The SMILES string of the molecule is C.C.CN1CCC(N2CCCC2)CC1.CN1CCC(N2CCCCC2)CC1.CN1CCC(N2CCOCC2)CC1.COC(=O)C1CC(O)CN1C. The number of methoxy groups -OCH3 is 1. The first-order chi connectivity index (χ1) is 23.7. The van der Waals surface area contributed by atoms with Crippen molar-refractivity contribution in [1.29, 1.82) is 0 Å². The first-order valence-corrected chi connectivity index (χ1v) is 20.0. The highest BCUT2D eigenvalue weighted by molar-refractivity contribution is 5.76. The monoisotopic (exact) mass is 726 g/mol. The van der Waals surface area contributed by atoms with E-state index >= 15 is 0 Å². The Morgan fingerprint density at radius 3 is 1.25 bits per heavy atom. The molecule has 302 valence electrons. The van der Waals surface area contributed by atoms with Gasteiger partial charge in [0.15, 0.2) is 0 Å². The third-order valence-corrected chi connectivity index (χ3v) is 12.2. The van der Waals surface area contributed by atoms with E-state index in [-0.39, 0.29) is 33.0 Å². The van der Waals surface area contributed by atoms with Crippen molar-refractivity contribution in [2.24, 2.45) is 0 Å². The number of nitrogens with zero attached hydrogens (tertiary/aromatic N) is 7. The standard InChI is InChI=1S/C11H22N2.C10H20N2O.C10H20N2.C7H13NO3.2CH4/c1-12-9-5-11(6-10-12)13-7-3-2-4-8-13;1-11-4-2-10(3-5-11)12-6-8-13-9-7-12;1-11-8-4-10(5-9-11)12-6-2-3-7-12;1-8-4-5(9)3-6(8)7(10)11-2;;/h11H,2-10H2,1H3;10H,2-9H2,1H3;10H,2-9H2,1H3;5-6,9H,3-4H2,1-2H3;2*1H4. The van der Waals surface area contributed by atoms with Crippen LogP contribution in [0.2, 0.25) is 0 Å². The second kappa shape index (κ2) is 25.2. The summed E-state index contributed by atoms with van der Waals surface area (Å²) in [4.78, 5) is 28.2. The number of β-amino-alcohol motifs (C(OH)–C–C–N with tert-alkyl or cyclic N) is 1. The smallest absolute Gasteiger partial charge is 0.323 e. The van der Waals surface area contributed by atoms with Crippen LogP contribution in [0.3, 0.4) is 0 Å². The van der Waals surface area contributed by atoms with Crippen LogP contribution in [0.25, 0.3) is 0 Å². The summed E-state index contributed by atoms with van der Waals surface area (Å²) in [5.74, 6) is -0.260. The Hall–Kier alpha value is -0.890. The van der Waals surface area contributed by atoms with Crippen LogP contribution < -0.4 is 0 Å². The number of aliphatic hydroxyl groups excluding tert-OH is 1. The molecule has 0 aliphatic carbocycles. The number of hydrogen-bond acceptors (Lipinski definition) is 11.